The van der Waals surface area contributed by atoms with Gasteiger partial charge in [-0.3, -0.25) is 4.79 Å². The van der Waals surface area contributed by atoms with Crippen molar-refractivity contribution in [2.24, 2.45) is 0 Å². The van der Waals surface area contributed by atoms with Crippen LogP contribution in [0.25, 0.3) is 0 Å². The largest absolute Gasteiger partial charge is 0.392 e. The highest BCUT2D eigenvalue weighted by Gasteiger charge is 2.15. The third-order valence-electron chi connectivity index (χ3n) is 2.20. The van der Waals surface area contributed by atoms with Gasteiger partial charge in [-0.15, -0.1) is 0 Å². The highest BCUT2D eigenvalue weighted by atomic mass is 16.3. The number of ketones is 1. The van der Waals surface area contributed by atoms with Gasteiger partial charge in [0, 0.05) is 5.57 Å². The summed E-state index contributed by atoms with van der Waals surface area (Å²) in [7, 11) is 0. The fourth-order valence-corrected chi connectivity index (χ4v) is 1.35. The predicted octanol–water partition coefficient (Wildman–Crippen LogP) is 1.60. The molecule has 66 valence electrons. The van der Waals surface area contributed by atoms with Gasteiger partial charge in [0.25, 0.3) is 0 Å². The van der Waals surface area contributed by atoms with E-state index in [4.69, 9.17) is 5.11 Å². The molecule has 1 aliphatic carbocycles. The van der Waals surface area contributed by atoms with Crippen LogP contribution in [-0.2, 0) is 4.79 Å². The van der Waals surface area contributed by atoms with E-state index in [2.05, 4.69) is 0 Å². The molecule has 0 aromatic rings. The number of carbonyl (C=O) groups is 1. The van der Waals surface area contributed by atoms with E-state index in [1.165, 1.54) is 0 Å². The summed E-state index contributed by atoms with van der Waals surface area (Å²) in [5.41, 5.74) is 2.74. The van der Waals surface area contributed by atoms with E-state index in [9.17, 15) is 4.79 Å². The molecular weight excluding hydrogens is 152 g/mol. The summed E-state index contributed by atoms with van der Waals surface area (Å²) >= 11 is 0. The van der Waals surface area contributed by atoms with Crippen LogP contribution < -0.4 is 0 Å². The first kappa shape index (κ1) is 9.20. The number of hydrogen-bond acceptors (Lipinski definition) is 2. The van der Waals surface area contributed by atoms with Crippen molar-refractivity contribution in [3.8, 4) is 0 Å². The molecule has 0 spiro atoms. The van der Waals surface area contributed by atoms with Crippen molar-refractivity contribution in [3.63, 3.8) is 0 Å². The van der Waals surface area contributed by atoms with Crippen molar-refractivity contribution in [2.75, 3.05) is 6.61 Å². The van der Waals surface area contributed by atoms with E-state index in [0.717, 1.165) is 29.6 Å². The van der Waals surface area contributed by atoms with Crippen molar-refractivity contribution in [1.29, 1.82) is 0 Å². The van der Waals surface area contributed by atoms with Gasteiger partial charge in [-0.25, -0.2) is 0 Å². The molecule has 12 heavy (non-hydrogen) atoms. The minimum Gasteiger partial charge on any atom is -0.392 e. The molecule has 0 amide bonds. The molecule has 0 aromatic carbocycles. The fraction of sp³-hybridized carbons (Fsp3) is 0.500. The van der Waals surface area contributed by atoms with Crippen molar-refractivity contribution in [3.05, 3.63) is 22.8 Å². The van der Waals surface area contributed by atoms with Crippen LogP contribution in [0.15, 0.2) is 22.8 Å². The zero-order chi connectivity index (χ0) is 9.14. The standard InChI is InChI=1S/C10H14O2/c1-7-3-4-9(8(2)6-11)10(12)5-7/h5,11H,3-4,6H2,1-2H3/b9-8+. The molecule has 0 bridgehead atoms. The van der Waals surface area contributed by atoms with Gasteiger partial charge >= 0.3 is 0 Å². The Labute approximate surface area is 72.6 Å². The molecule has 0 saturated carbocycles. The highest BCUT2D eigenvalue weighted by Crippen LogP contribution is 2.22. The summed E-state index contributed by atoms with van der Waals surface area (Å²) in [6.45, 7) is 3.76. The molecule has 0 atom stereocenters. The fourth-order valence-electron chi connectivity index (χ4n) is 1.35. The Kier molecular flexibility index (Phi) is 2.82. The molecule has 1 rings (SSSR count). The van der Waals surface area contributed by atoms with Crippen LogP contribution in [0, 0.1) is 0 Å². The molecule has 2 nitrogen and oxygen atoms in total. The zero-order valence-electron chi connectivity index (χ0n) is 7.55. The van der Waals surface area contributed by atoms with Crippen LogP contribution in [0.2, 0.25) is 0 Å². The summed E-state index contributed by atoms with van der Waals surface area (Å²) in [6, 6.07) is 0. The van der Waals surface area contributed by atoms with E-state index in [-0.39, 0.29) is 12.4 Å². The second-order valence-corrected chi connectivity index (χ2v) is 3.27. The topological polar surface area (TPSA) is 37.3 Å². The first-order valence-corrected chi connectivity index (χ1v) is 4.16. The predicted molar refractivity (Wildman–Crippen MR) is 47.8 cm³/mol. The van der Waals surface area contributed by atoms with Gasteiger partial charge in [0.05, 0.1) is 6.61 Å². The van der Waals surface area contributed by atoms with Crippen LogP contribution in [0.3, 0.4) is 0 Å². The summed E-state index contributed by atoms with van der Waals surface area (Å²) in [5.74, 6) is 0.0744. The number of aliphatic hydroxyl groups excluding tert-OH is 1. The van der Waals surface area contributed by atoms with E-state index in [1.807, 2.05) is 13.8 Å². The van der Waals surface area contributed by atoms with Crippen LogP contribution in [0.5, 0.6) is 0 Å². The van der Waals surface area contributed by atoms with Gasteiger partial charge in [-0.05, 0) is 38.3 Å². The number of hydrogen-bond donors (Lipinski definition) is 1. The average Bonchev–Trinajstić information content (AvgIpc) is 2.03. The summed E-state index contributed by atoms with van der Waals surface area (Å²) in [4.78, 5) is 11.4. The van der Waals surface area contributed by atoms with Gasteiger partial charge in [-0.1, -0.05) is 5.57 Å². The maximum absolute atomic E-state index is 11.4. The maximum atomic E-state index is 11.4. The lowest BCUT2D eigenvalue weighted by atomic mass is 9.91. The summed E-state index contributed by atoms with van der Waals surface area (Å²) in [6.07, 6.45) is 3.39. The van der Waals surface area contributed by atoms with Crippen molar-refractivity contribution in [2.45, 2.75) is 26.7 Å². The van der Waals surface area contributed by atoms with Crippen LogP contribution in [0.4, 0.5) is 0 Å². The van der Waals surface area contributed by atoms with Crippen molar-refractivity contribution in [1.82, 2.24) is 0 Å². The third kappa shape index (κ3) is 1.83. The number of allylic oxidation sites excluding steroid dienone is 3. The van der Waals surface area contributed by atoms with Gasteiger partial charge in [0.15, 0.2) is 5.78 Å². The minimum atomic E-state index is -0.00599. The first-order valence-electron chi connectivity index (χ1n) is 4.16. The number of aliphatic hydroxyl groups is 1. The molecule has 0 saturated heterocycles. The Balaban J connectivity index is 2.92. The lowest BCUT2D eigenvalue weighted by molar-refractivity contribution is -0.111. The molecule has 0 radical (unpaired) electrons. The number of rotatable bonds is 1. The molecular formula is C10H14O2. The molecule has 0 aromatic heterocycles. The summed E-state index contributed by atoms with van der Waals surface area (Å²) in [5, 5.41) is 8.84. The third-order valence-corrected chi connectivity index (χ3v) is 2.20. The zero-order valence-corrected chi connectivity index (χ0v) is 7.55. The first-order chi connectivity index (χ1) is 5.65. The van der Waals surface area contributed by atoms with Gasteiger partial charge in [0.2, 0.25) is 0 Å². The summed E-state index contributed by atoms with van der Waals surface area (Å²) < 4.78 is 0. The molecule has 0 fully saturated rings. The normalized spacial score (nSPS) is 22.2. The Hall–Kier alpha value is -0.890. The Morgan fingerprint density at radius 2 is 2.25 bits per heavy atom. The average molecular weight is 166 g/mol. The van der Waals surface area contributed by atoms with Gasteiger partial charge < -0.3 is 5.11 Å². The van der Waals surface area contributed by atoms with E-state index in [1.54, 1.807) is 6.08 Å². The molecule has 0 aliphatic heterocycles. The minimum absolute atomic E-state index is 0.00599. The Morgan fingerprint density at radius 3 is 2.75 bits per heavy atom. The van der Waals surface area contributed by atoms with E-state index in [0.29, 0.717) is 0 Å². The molecule has 1 aliphatic rings. The lowest BCUT2D eigenvalue weighted by Gasteiger charge is -2.13. The van der Waals surface area contributed by atoms with Crippen LogP contribution >= 0.6 is 0 Å². The highest BCUT2D eigenvalue weighted by molar-refractivity contribution is 6.05. The van der Waals surface area contributed by atoms with Crippen LogP contribution in [-0.4, -0.2) is 17.5 Å². The molecule has 0 unspecified atom stereocenters. The van der Waals surface area contributed by atoms with Crippen molar-refractivity contribution >= 4 is 5.78 Å². The van der Waals surface area contributed by atoms with E-state index < -0.39 is 0 Å². The van der Waals surface area contributed by atoms with Gasteiger partial charge in [0.1, 0.15) is 0 Å². The van der Waals surface area contributed by atoms with Crippen LogP contribution in [0.1, 0.15) is 26.7 Å². The van der Waals surface area contributed by atoms with E-state index >= 15 is 0 Å². The molecule has 1 N–H and O–H groups in total. The Morgan fingerprint density at radius 1 is 1.58 bits per heavy atom. The molecule has 2 heteroatoms. The Bertz CT molecular complexity index is 259. The number of carbonyl (C=O) groups excluding carboxylic acids is 1. The molecule has 0 heterocycles. The quantitative estimate of drug-likeness (QED) is 0.601. The second kappa shape index (κ2) is 3.68. The monoisotopic (exact) mass is 166 g/mol. The van der Waals surface area contributed by atoms with Crippen molar-refractivity contribution < 1.29 is 9.90 Å². The maximum Gasteiger partial charge on any atom is 0.181 e. The second-order valence-electron chi connectivity index (χ2n) is 3.27. The van der Waals surface area contributed by atoms with Gasteiger partial charge in [-0.2, -0.15) is 0 Å². The lowest BCUT2D eigenvalue weighted by Crippen LogP contribution is -2.09. The SMILES string of the molecule is CC1=CC(=O)/C(=C(\C)CO)CC1. The smallest absolute Gasteiger partial charge is 0.181 e.